The Bertz CT molecular complexity index is 513. The molecule has 0 aromatic carbocycles. The van der Waals surface area contributed by atoms with Crippen LogP contribution in [-0.2, 0) is 9.59 Å². The molecule has 3 unspecified atom stereocenters. The molecule has 0 bridgehead atoms. The number of carbonyl (C=O) groups excluding carboxylic acids is 1. The molecule has 0 amide bonds. The van der Waals surface area contributed by atoms with Crippen molar-refractivity contribution in [1.29, 1.82) is 0 Å². The minimum Gasteiger partial charge on any atom is -0.481 e. The quantitative estimate of drug-likeness (QED) is 0.669. The summed E-state index contributed by atoms with van der Waals surface area (Å²) in [7, 11) is 0. The number of hydrogen-bond acceptors (Lipinski definition) is 3. The Labute approximate surface area is 138 Å². The molecule has 0 radical (unpaired) electrons. The van der Waals surface area contributed by atoms with Crippen LogP contribution in [0.4, 0.5) is 0 Å². The van der Waals surface area contributed by atoms with Crippen molar-refractivity contribution in [2.75, 3.05) is 0 Å². The first-order chi connectivity index (χ1) is 10.8. The van der Waals surface area contributed by atoms with Gasteiger partial charge in [0.1, 0.15) is 0 Å². The predicted octanol–water partition coefficient (Wildman–Crippen LogP) is 3.67. The maximum atomic E-state index is 11.7. The number of aliphatic hydroxyl groups is 1. The summed E-state index contributed by atoms with van der Waals surface area (Å²) in [6, 6.07) is 0. The Hall–Kier alpha value is -1.68. The monoisotopic (exact) mass is 320 g/mol. The van der Waals surface area contributed by atoms with Crippen molar-refractivity contribution in [3.05, 3.63) is 35.5 Å². The summed E-state index contributed by atoms with van der Waals surface area (Å²) < 4.78 is 0. The molecular formula is C19H28O4. The Balaban J connectivity index is 2.42. The van der Waals surface area contributed by atoms with Crippen molar-refractivity contribution in [3.63, 3.8) is 0 Å². The second-order valence-corrected chi connectivity index (χ2v) is 6.47. The van der Waals surface area contributed by atoms with E-state index in [2.05, 4.69) is 19.1 Å². The van der Waals surface area contributed by atoms with Crippen LogP contribution in [0.15, 0.2) is 35.5 Å². The van der Waals surface area contributed by atoms with E-state index >= 15 is 0 Å². The molecule has 0 fully saturated rings. The first kappa shape index (κ1) is 19.4. The summed E-state index contributed by atoms with van der Waals surface area (Å²) in [5.74, 6) is -0.867. The molecule has 0 spiro atoms. The Morgan fingerprint density at radius 3 is 2.48 bits per heavy atom. The minimum absolute atomic E-state index is 0.0460. The molecule has 0 heterocycles. The van der Waals surface area contributed by atoms with Gasteiger partial charge in [-0.15, -0.1) is 0 Å². The molecule has 0 aliphatic heterocycles. The third-order valence-electron chi connectivity index (χ3n) is 4.49. The number of allylic oxidation sites excluding steroid dienone is 5. The van der Waals surface area contributed by atoms with Gasteiger partial charge in [-0.25, -0.2) is 0 Å². The van der Waals surface area contributed by atoms with Crippen LogP contribution in [0.1, 0.15) is 52.9 Å². The minimum atomic E-state index is -0.766. The van der Waals surface area contributed by atoms with Crippen LogP contribution in [0.2, 0.25) is 0 Å². The molecule has 2 N–H and O–H groups in total. The van der Waals surface area contributed by atoms with Crippen molar-refractivity contribution in [2.24, 2.45) is 11.8 Å². The third-order valence-corrected chi connectivity index (χ3v) is 4.49. The van der Waals surface area contributed by atoms with Gasteiger partial charge in [-0.1, -0.05) is 36.3 Å². The molecular weight excluding hydrogens is 292 g/mol. The van der Waals surface area contributed by atoms with Crippen molar-refractivity contribution in [1.82, 2.24) is 0 Å². The van der Waals surface area contributed by atoms with E-state index in [1.807, 2.05) is 13.8 Å². The van der Waals surface area contributed by atoms with E-state index in [4.69, 9.17) is 5.11 Å². The van der Waals surface area contributed by atoms with Crippen molar-refractivity contribution in [3.8, 4) is 0 Å². The van der Waals surface area contributed by atoms with E-state index in [9.17, 15) is 14.7 Å². The molecule has 3 atom stereocenters. The molecule has 0 aromatic rings. The fourth-order valence-electron chi connectivity index (χ4n) is 2.73. The molecule has 1 aliphatic carbocycles. The molecule has 0 aromatic heterocycles. The van der Waals surface area contributed by atoms with Gasteiger partial charge in [0, 0.05) is 18.3 Å². The van der Waals surface area contributed by atoms with Crippen LogP contribution in [0.5, 0.6) is 0 Å². The zero-order valence-electron chi connectivity index (χ0n) is 14.3. The van der Waals surface area contributed by atoms with E-state index in [0.717, 1.165) is 18.4 Å². The summed E-state index contributed by atoms with van der Waals surface area (Å²) in [5, 5.41) is 18.6. The van der Waals surface area contributed by atoms with Crippen LogP contribution in [0, 0.1) is 11.8 Å². The number of carboxylic acid groups (broad SMARTS) is 1. The van der Waals surface area contributed by atoms with Gasteiger partial charge >= 0.3 is 5.97 Å². The molecule has 23 heavy (non-hydrogen) atoms. The average Bonchev–Trinajstić information content (AvgIpc) is 2.49. The maximum absolute atomic E-state index is 11.7. The fourth-order valence-corrected chi connectivity index (χ4v) is 2.73. The van der Waals surface area contributed by atoms with Crippen LogP contribution in [0.3, 0.4) is 0 Å². The van der Waals surface area contributed by atoms with Gasteiger partial charge in [-0.3, -0.25) is 9.59 Å². The van der Waals surface area contributed by atoms with Crippen LogP contribution in [-0.4, -0.2) is 28.1 Å². The number of carbonyl (C=O) groups is 2. The first-order valence-corrected chi connectivity index (χ1v) is 8.24. The van der Waals surface area contributed by atoms with Gasteiger partial charge in [0.25, 0.3) is 0 Å². The summed E-state index contributed by atoms with van der Waals surface area (Å²) >= 11 is 0. The largest absolute Gasteiger partial charge is 0.481 e. The molecule has 0 saturated heterocycles. The molecule has 4 nitrogen and oxygen atoms in total. The van der Waals surface area contributed by atoms with E-state index in [-0.39, 0.29) is 24.0 Å². The average molecular weight is 320 g/mol. The molecule has 0 saturated carbocycles. The summed E-state index contributed by atoms with van der Waals surface area (Å²) in [6.45, 7) is 5.88. The molecule has 1 aliphatic rings. The summed E-state index contributed by atoms with van der Waals surface area (Å²) in [4.78, 5) is 22.2. The van der Waals surface area contributed by atoms with Crippen LogP contribution >= 0.6 is 0 Å². The lowest BCUT2D eigenvalue weighted by Crippen LogP contribution is -2.32. The topological polar surface area (TPSA) is 74.6 Å². The second-order valence-electron chi connectivity index (χ2n) is 6.47. The Morgan fingerprint density at radius 1 is 1.17 bits per heavy atom. The van der Waals surface area contributed by atoms with E-state index in [1.54, 1.807) is 6.08 Å². The number of carboxylic acids is 1. The standard InChI is InChI=1S/C19H28O4/c1-13(5-4-6-14(2)8-12-19(22)23)7-9-16-15(3)17(20)10-11-18(16)21/h6-7,10-11,15-16,18,21H,4-5,8-9,12H2,1-3H3,(H,22,23)/b13-7+,14-6+. The summed E-state index contributed by atoms with van der Waals surface area (Å²) in [5.41, 5.74) is 2.33. The maximum Gasteiger partial charge on any atom is 0.303 e. The lowest BCUT2D eigenvalue weighted by Gasteiger charge is -2.27. The van der Waals surface area contributed by atoms with E-state index in [0.29, 0.717) is 12.8 Å². The van der Waals surface area contributed by atoms with Gasteiger partial charge in [0.15, 0.2) is 5.78 Å². The number of rotatable bonds is 8. The van der Waals surface area contributed by atoms with Crippen molar-refractivity contribution < 1.29 is 19.8 Å². The van der Waals surface area contributed by atoms with Crippen molar-refractivity contribution in [2.45, 2.75) is 59.0 Å². The molecule has 4 heteroatoms. The summed E-state index contributed by atoms with van der Waals surface area (Å²) in [6.07, 6.45) is 9.98. The van der Waals surface area contributed by atoms with Gasteiger partial charge < -0.3 is 10.2 Å². The van der Waals surface area contributed by atoms with E-state index < -0.39 is 12.1 Å². The lowest BCUT2D eigenvalue weighted by molar-refractivity contribution is -0.137. The number of aliphatic carboxylic acids is 1. The van der Waals surface area contributed by atoms with Crippen molar-refractivity contribution >= 4 is 11.8 Å². The van der Waals surface area contributed by atoms with Gasteiger partial charge in [-0.2, -0.15) is 0 Å². The van der Waals surface area contributed by atoms with Gasteiger partial charge in [0.2, 0.25) is 0 Å². The lowest BCUT2D eigenvalue weighted by atomic mass is 9.79. The SMILES string of the molecule is C/C(=C\CC1C(O)C=CC(=O)C1C)CC/C=C(\C)CCC(=O)O. The smallest absolute Gasteiger partial charge is 0.303 e. The Kier molecular flexibility index (Phi) is 7.96. The van der Waals surface area contributed by atoms with E-state index in [1.165, 1.54) is 11.6 Å². The highest BCUT2D eigenvalue weighted by atomic mass is 16.4. The predicted molar refractivity (Wildman–Crippen MR) is 91.0 cm³/mol. The second kappa shape index (κ2) is 9.46. The Morgan fingerprint density at radius 2 is 1.83 bits per heavy atom. The normalized spacial score (nSPS) is 25.7. The number of aliphatic hydroxyl groups excluding tert-OH is 1. The third kappa shape index (κ3) is 6.95. The zero-order valence-corrected chi connectivity index (χ0v) is 14.3. The number of hydrogen-bond donors (Lipinski definition) is 2. The zero-order chi connectivity index (χ0) is 17.4. The molecule has 128 valence electrons. The van der Waals surface area contributed by atoms with Crippen LogP contribution in [0.25, 0.3) is 0 Å². The van der Waals surface area contributed by atoms with Gasteiger partial charge in [0.05, 0.1) is 6.10 Å². The molecule has 1 rings (SSSR count). The highest BCUT2D eigenvalue weighted by Crippen LogP contribution is 2.27. The highest BCUT2D eigenvalue weighted by molar-refractivity contribution is 5.92. The highest BCUT2D eigenvalue weighted by Gasteiger charge is 2.30. The van der Waals surface area contributed by atoms with Crippen LogP contribution < -0.4 is 0 Å². The number of ketones is 1. The first-order valence-electron chi connectivity index (χ1n) is 8.24. The fraction of sp³-hybridized carbons (Fsp3) is 0.579. The van der Waals surface area contributed by atoms with Gasteiger partial charge in [-0.05, 0) is 45.6 Å².